The minimum Gasteiger partial charge on any atom is -0.461 e. The van der Waals surface area contributed by atoms with Crippen molar-refractivity contribution in [2.75, 3.05) is 13.6 Å². The van der Waals surface area contributed by atoms with E-state index in [2.05, 4.69) is 12.2 Å². The first kappa shape index (κ1) is 11.1. The van der Waals surface area contributed by atoms with Crippen molar-refractivity contribution >= 4 is 11.0 Å². The summed E-state index contributed by atoms with van der Waals surface area (Å²) in [5.74, 6) is 1.06. The molecule has 3 heteroatoms. The lowest BCUT2D eigenvalue weighted by Crippen LogP contribution is -2.10. The van der Waals surface area contributed by atoms with Gasteiger partial charge in [-0.05, 0) is 44.3 Å². The first-order chi connectivity index (χ1) is 7.70. The van der Waals surface area contributed by atoms with Gasteiger partial charge < -0.3 is 9.73 Å². The summed E-state index contributed by atoms with van der Waals surface area (Å²) in [6.45, 7) is 3.07. The first-order valence-electron chi connectivity index (χ1n) is 5.54. The van der Waals surface area contributed by atoms with E-state index < -0.39 is 0 Å². The summed E-state index contributed by atoms with van der Waals surface area (Å²) >= 11 is 0. The summed E-state index contributed by atoms with van der Waals surface area (Å²) in [6.07, 6.45) is 1.01. The highest BCUT2D eigenvalue weighted by atomic mass is 19.1. The summed E-state index contributed by atoms with van der Waals surface area (Å²) in [6, 6.07) is 6.54. The lowest BCUT2D eigenvalue weighted by atomic mass is 10.0. The average Bonchev–Trinajstić information content (AvgIpc) is 2.68. The van der Waals surface area contributed by atoms with E-state index in [1.807, 2.05) is 13.1 Å². The maximum absolute atomic E-state index is 13.0. The molecule has 0 spiro atoms. The van der Waals surface area contributed by atoms with Gasteiger partial charge in [0.15, 0.2) is 0 Å². The zero-order valence-corrected chi connectivity index (χ0v) is 9.59. The standard InChI is InChI=1S/C13H16FNO/c1-9(5-6-15-2)13-8-10-7-11(14)3-4-12(10)16-13/h3-4,7-9,15H,5-6H2,1-2H3. The number of nitrogens with one attached hydrogen (secondary N) is 1. The zero-order valence-electron chi connectivity index (χ0n) is 9.59. The van der Waals surface area contributed by atoms with E-state index in [-0.39, 0.29) is 5.82 Å². The third-order valence-electron chi connectivity index (χ3n) is 2.81. The molecule has 1 unspecified atom stereocenters. The molecule has 1 atom stereocenters. The Balaban J connectivity index is 2.25. The van der Waals surface area contributed by atoms with E-state index in [0.717, 1.165) is 29.7 Å². The van der Waals surface area contributed by atoms with E-state index in [0.29, 0.717) is 5.92 Å². The molecule has 2 nitrogen and oxygen atoms in total. The van der Waals surface area contributed by atoms with Gasteiger partial charge in [0, 0.05) is 11.3 Å². The second-order valence-electron chi connectivity index (χ2n) is 4.12. The Morgan fingerprint density at radius 2 is 2.19 bits per heavy atom. The molecule has 0 amide bonds. The van der Waals surface area contributed by atoms with E-state index in [4.69, 9.17) is 4.42 Å². The molecule has 1 heterocycles. The summed E-state index contributed by atoms with van der Waals surface area (Å²) in [5.41, 5.74) is 0.757. The molecule has 0 saturated heterocycles. The van der Waals surface area contributed by atoms with E-state index in [1.54, 1.807) is 6.07 Å². The highest BCUT2D eigenvalue weighted by Crippen LogP contribution is 2.27. The summed E-state index contributed by atoms with van der Waals surface area (Å²) in [5, 5.41) is 3.95. The summed E-state index contributed by atoms with van der Waals surface area (Å²) in [4.78, 5) is 0. The monoisotopic (exact) mass is 221 g/mol. The Morgan fingerprint density at radius 1 is 1.38 bits per heavy atom. The Morgan fingerprint density at radius 3 is 2.94 bits per heavy atom. The van der Waals surface area contributed by atoms with Gasteiger partial charge in [-0.15, -0.1) is 0 Å². The fourth-order valence-corrected chi connectivity index (χ4v) is 1.78. The molecule has 0 aliphatic carbocycles. The van der Waals surface area contributed by atoms with Crippen LogP contribution in [-0.2, 0) is 0 Å². The van der Waals surface area contributed by atoms with Gasteiger partial charge in [0.25, 0.3) is 0 Å². The van der Waals surface area contributed by atoms with Gasteiger partial charge in [0.1, 0.15) is 17.2 Å². The van der Waals surface area contributed by atoms with E-state index in [9.17, 15) is 4.39 Å². The quantitative estimate of drug-likeness (QED) is 0.857. The van der Waals surface area contributed by atoms with E-state index in [1.165, 1.54) is 12.1 Å². The van der Waals surface area contributed by atoms with Crippen LogP contribution in [0.15, 0.2) is 28.7 Å². The van der Waals surface area contributed by atoms with Crippen molar-refractivity contribution in [3.63, 3.8) is 0 Å². The lowest BCUT2D eigenvalue weighted by molar-refractivity contribution is 0.484. The lowest BCUT2D eigenvalue weighted by Gasteiger charge is -2.06. The highest BCUT2D eigenvalue weighted by Gasteiger charge is 2.11. The topological polar surface area (TPSA) is 25.2 Å². The van der Waals surface area contributed by atoms with Crippen LogP contribution in [0.25, 0.3) is 11.0 Å². The van der Waals surface area contributed by atoms with Crippen LogP contribution in [0.2, 0.25) is 0 Å². The number of rotatable bonds is 4. The molecule has 0 aliphatic rings. The Labute approximate surface area is 94.4 Å². The van der Waals surface area contributed by atoms with Crippen molar-refractivity contribution in [2.45, 2.75) is 19.3 Å². The molecule has 0 bridgehead atoms. The molecule has 0 saturated carbocycles. The second-order valence-corrected chi connectivity index (χ2v) is 4.12. The van der Waals surface area contributed by atoms with Crippen molar-refractivity contribution in [3.8, 4) is 0 Å². The van der Waals surface area contributed by atoms with Crippen molar-refractivity contribution in [1.29, 1.82) is 0 Å². The van der Waals surface area contributed by atoms with Crippen LogP contribution in [-0.4, -0.2) is 13.6 Å². The largest absolute Gasteiger partial charge is 0.461 e. The molecule has 0 fully saturated rings. The Hall–Kier alpha value is -1.35. The maximum Gasteiger partial charge on any atom is 0.134 e. The maximum atomic E-state index is 13.0. The van der Waals surface area contributed by atoms with Crippen LogP contribution in [0.5, 0.6) is 0 Å². The van der Waals surface area contributed by atoms with Crippen molar-refractivity contribution in [1.82, 2.24) is 5.32 Å². The number of furan rings is 1. The van der Waals surface area contributed by atoms with Crippen LogP contribution in [0.3, 0.4) is 0 Å². The fourth-order valence-electron chi connectivity index (χ4n) is 1.78. The van der Waals surface area contributed by atoms with Gasteiger partial charge in [0.2, 0.25) is 0 Å². The molecule has 2 rings (SSSR count). The third kappa shape index (κ3) is 2.25. The van der Waals surface area contributed by atoms with Gasteiger partial charge >= 0.3 is 0 Å². The Kier molecular flexibility index (Phi) is 3.25. The Bertz CT molecular complexity index is 478. The predicted octanol–water partition coefficient (Wildman–Crippen LogP) is 3.28. The molecule has 1 aromatic heterocycles. The predicted molar refractivity (Wildman–Crippen MR) is 63.1 cm³/mol. The van der Waals surface area contributed by atoms with Crippen LogP contribution in [0.1, 0.15) is 25.0 Å². The molecule has 86 valence electrons. The number of hydrogen-bond acceptors (Lipinski definition) is 2. The first-order valence-corrected chi connectivity index (χ1v) is 5.54. The summed E-state index contributed by atoms with van der Waals surface area (Å²) < 4.78 is 18.7. The van der Waals surface area contributed by atoms with Gasteiger partial charge in [-0.3, -0.25) is 0 Å². The molecule has 2 aromatic rings. The van der Waals surface area contributed by atoms with Crippen molar-refractivity contribution in [2.24, 2.45) is 0 Å². The molecule has 16 heavy (non-hydrogen) atoms. The fraction of sp³-hybridized carbons (Fsp3) is 0.385. The molecule has 0 radical (unpaired) electrons. The van der Waals surface area contributed by atoms with Crippen LogP contribution >= 0.6 is 0 Å². The van der Waals surface area contributed by atoms with Gasteiger partial charge in [-0.25, -0.2) is 4.39 Å². The normalized spacial score (nSPS) is 13.2. The number of benzene rings is 1. The minimum atomic E-state index is -0.220. The van der Waals surface area contributed by atoms with Gasteiger partial charge in [-0.1, -0.05) is 6.92 Å². The second kappa shape index (κ2) is 4.66. The minimum absolute atomic E-state index is 0.220. The number of halogens is 1. The molecular weight excluding hydrogens is 205 g/mol. The number of hydrogen-bond donors (Lipinski definition) is 1. The third-order valence-corrected chi connectivity index (χ3v) is 2.81. The average molecular weight is 221 g/mol. The van der Waals surface area contributed by atoms with Crippen molar-refractivity contribution < 1.29 is 8.81 Å². The molecule has 1 N–H and O–H groups in total. The molecule has 1 aromatic carbocycles. The highest BCUT2D eigenvalue weighted by molar-refractivity contribution is 5.78. The van der Waals surface area contributed by atoms with Crippen LogP contribution in [0.4, 0.5) is 4.39 Å². The molecule has 0 aliphatic heterocycles. The van der Waals surface area contributed by atoms with Gasteiger partial charge in [-0.2, -0.15) is 0 Å². The SMILES string of the molecule is CNCCC(C)c1cc2cc(F)ccc2o1. The zero-order chi connectivity index (χ0) is 11.5. The van der Waals surface area contributed by atoms with Crippen LogP contribution < -0.4 is 5.32 Å². The smallest absolute Gasteiger partial charge is 0.134 e. The summed E-state index contributed by atoms with van der Waals surface area (Å²) in [7, 11) is 1.93. The number of fused-ring (bicyclic) bond motifs is 1. The van der Waals surface area contributed by atoms with Crippen LogP contribution in [0, 0.1) is 5.82 Å². The molecular formula is C13H16FNO. The van der Waals surface area contributed by atoms with Gasteiger partial charge in [0.05, 0.1) is 0 Å². The van der Waals surface area contributed by atoms with Crippen molar-refractivity contribution in [3.05, 3.63) is 35.8 Å². The van der Waals surface area contributed by atoms with E-state index >= 15 is 0 Å².